The molecule has 5 heteroatoms. The Labute approximate surface area is 203 Å². The molecule has 0 amide bonds. The van der Waals surface area contributed by atoms with Gasteiger partial charge in [0, 0.05) is 11.1 Å². The summed E-state index contributed by atoms with van der Waals surface area (Å²) in [5, 5.41) is 2.26. The van der Waals surface area contributed by atoms with Crippen LogP contribution in [0.5, 0.6) is 0 Å². The van der Waals surface area contributed by atoms with E-state index in [1.54, 1.807) is 0 Å². The molecule has 1 saturated heterocycles. The van der Waals surface area contributed by atoms with Crippen molar-refractivity contribution in [1.82, 2.24) is 5.06 Å². The number of rotatable bonds is 13. The van der Waals surface area contributed by atoms with Crippen LogP contribution in [-0.4, -0.2) is 35.9 Å². The van der Waals surface area contributed by atoms with Gasteiger partial charge in [0.2, 0.25) is 0 Å². The molecule has 3 nitrogen and oxygen atoms in total. The van der Waals surface area contributed by atoms with Crippen molar-refractivity contribution >= 4 is 18.5 Å². The number of unbranched alkanes of at least 4 members (excludes halogenated alkanes) is 4. The highest BCUT2D eigenvalue weighted by atomic mass is 35.6. The number of hydroxylamine groups is 2. The van der Waals surface area contributed by atoms with Crippen molar-refractivity contribution in [3.05, 3.63) is 35.9 Å². The molecule has 32 heavy (non-hydrogen) atoms. The van der Waals surface area contributed by atoms with E-state index in [0.717, 1.165) is 19.3 Å². The van der Waals surface area contributed by atoms with Crippen LogP contribution in [0.4, 0.5) is 0 Å². The lowest BCUT2D eigenvalue weighted by Gasteiger charge is -2.52. The van der Waals surface area contributed by atoms with Crippen LogP contribution in [0.2, 0.25) is 13.1 Å². The van der Waals surface area contributed by atoms with Crippen LogP contribution in [0.1, 0.15) is 104 Å². The van der Waals surface area contributed by atoms with Crippen molar-refractivity contribution < 1.29 is 9.57 Å². The summed E-state index contributed by atoms with van der Waals surface area (Å²) in [6.45, 7) is 16.4. The minimum absolute atomic E-state index is 0.00599. The maximum atomic E-state index is 6.91. The number of nitrogens with zero attached hydrogens (tertiary/aromatic N) is 1. The Kier molecular flexibility index (Phi) is 10.7. The first-order valence-electron chi connectivity index (χ1n) is 12.8. The van der Waals surface area contributed by atoms with E-state index in [9.17, 15) is 0 Å². The predicted molar refractivity (Wildman–Crippen MR) is 141 cm³/mol. The molecule has 0 aromatic heterocycles. The van der Waals surface area contributed by atoms with E-state index in [4.69, 9.17) is 20.7 Å². The molecule has 184 valence electrons. The topological polar surface area (TPSA) is 21.7 Å². The zero-order valence-corrected chi connectivity index (χ0v) is 23.5. The van der Waals surface area contributed by atoms with Crippen LogP contribution in [0.15, 0.2) is 30.3 Å². The number of hydrogen-bond donors (Lipinski definition) is 0. The first-order valence-corrected chi connectivity index (χ1v) is 16.9. The Bertz CT molecular complexity index is 643. The van der Waals surface area contributed by atoms with E-state index >= 15 is 0 Å². The fourth-order valence-corrected chi connectivity index (χ4v) is 6.90. The van der Waals surface area contributed by atoms with Crippen LogP contribution < -0.4 is 0 Å². The lowest BCUT2D eigenvalue weighted by Crippen LogP contribution is -2.58. The second kappa shape index (κ2) is 12.4. The van der Waals surface area contributed by atoms with E-state index in [1.807, 2.05) is 0 Å². The molecule has 0 aliphatic carbocycles. The highest BCUT2D eigenvalue weighted by Gasteiger charge is 2.44. The number of hydrogen-bond acceptors (Lipinski definition) is 3. The number of piperidine rings is 1. The molecule has 2 unspecified atom stereocenters. The Morgan fingerprint density at radius 2 is 1.56 bits per heavy atom. The van der Waals surface area contributed by atoms with Crippen molar-refractivity contribution in [2.75, 3.05) is 6.61 Å². The van der Waals surface area contributed by atoms with Crippen molar-refractivity contribution in [2.24, 2.45) is 0 Å². The van der Waals surface area contributed by atoms with Crippen LogP contribution in [0.25, 0.3) is 0 Å². The molecule has 1 fully saturated rings. The summed E-state index contributed by atoms with van der Waals surface area (Å²) in [5.74, 6) is 0. The van der Waals surface area contributed by atoms with Gasteiger partial charge in [0.1, 0.15) is 6.10 Å². The molecule has 2 rings (SSSR count). The van der Waals surface area contributed by atoms with Gasteiger partial charge in [-0.15, -0.1) is 0 Å². The van der Waals surface area contributed by atoms with Gasteiger partial charge >= 0.3 is 0 Å². The Morgan fingerprint density at radius 1 is 0.969 bits per heavy atom. The van der Waals surface area contributed by atoms with E-state index in [2.05, 4.69) is 83.1 Å². The summed E-state index contributed by atoms with van der Waals surface area (Å²) in [6.07, 6.45) is 10.8. The monoisotopic (exact) mass is 481 g/mol. The van der Waals surface area contributed by atoms with Crippen LogP contribution in [0, 0.1) is 0 Å². The van der Waals surface area contributed by atoms with Crippen molar-refractivity contribution in [1.29, 1.82) is 0 Å². The first kappa shape index (κ1) is 27.8. The predicted octanol–water partition coefficient (Wildman–Crippen LogP) is 8.43. The molecular formula is C27H48ClNO2Si. The summed E-state index contributed by atoms with van der Waals surface area (Å²) in [5.41, 5.74) is 1.30. The molecule has 1 aliphatic rings. The van der Waals surface area contributed by atoms with E-state index in [-0.39, 0.29) is 22.9 Å². The van der Waals surface area contributed by atoms with Gasteiger partial charge in [0.15, 0.2) is 7.38 Å². The van der Waals surface area contributed by atoms with Gasteiger partial charge < -0.3 is 4.74 Å². The van der Waals surface area contributed by atoms with Crippen LogP contribution in [-0.2, 0) is 9.57 Å². The van der Waals surface area contributed by atoms with E-state index in [0.29, 0.717) is 6.61 Å². The third-order valence-electron chi connectivity index (χ3n) is 6.87. The second-order valence-electron chi connectivity index (χ2n) is 11.4. The Balaban J connectivity index is 2.13. The maximum absolute atomic E-state index is 6.91. The largest absolute Gasteiger partial charge is 0.377 e. The molecule has 0 radical (unpaired) electrons. The lowest BCUT2D eigenvalue weighted by atomic mass is 9.82. The molecule has 1 aromatic rings. The molecular weight excluding hydrogens is 434 g/mol. The van der Waals surface area contributed by atoms with E-state index < -0.39 is 7.38 Å². The third kappa shape index (κ3) is 8.43. The highest BCUT2D eigenvalue weighted by Crippen LogP contribution is 2.40. The SMILES string of the molecule is CCCCCCCC(OCC(ON1C(C)(C)CCCC1(C)C)c1ccccc1)[Si](C)(C)Cl. The zero-order valence-electron chi connectivity index (χ0n) is 21.8. The van der Waals surface area contributed by atoms with Crippen molar-refractivity contribution in [3.8, 4) is 0 Å². The number of ether oxygens (including phenoxy) is 1. The summed E-state index contributed by atoms with van der Waals surface area (Å²) < 4.78 is 6.59. The fourth-order valence-electron chi connectivity index (χ4n) is 5.01. The van der Waals surface area contributed by atoms with Gasteiger partial charge in [-0.2, -0.15) is 16.1 Å². The molecule has 1 aromatic carbocycles. The van der Waals surface area contributed by atoms with Gasteiger partial charge in [-0.05, 0) is 58.9 Å². The fraction of sp³-hybridized carbons (Fsp3) is 0.778. The van der Waals surface area contributed by atoms with Crippen LogP contribution in [0.3, 0.4) is 0 Å². The maximum Gasteiger partial charge on any atom is 0.180 e. The third-order valence-corrected chi connectivity index (χ3v) is 9.58. The smallest absolute Gasteiger partial charge is 0.180 e. The standard InChI is InChI=1S/C27H48ClNO2Si/c1-8-9-10-11-15-19-25(32(6,7)28)30-22-24(23-17-13-12-14-18-23)31-29-26(2,3)20-16-21-27(29,4)5/h12-14,17-18,24-25H,8-11,15-16,19-22H2,1-7H3. The van der Waals surface area contributed by atoms with Gasteiger partial charge in [-0.1, -0.05) is 82.5 Å². The normalized spacial score (nSPS) is 20.8. The molecule has 0 bridgehead atoms. The molecule has 0 spiro atoms. The van der Waals surface area contributed by atoms with Gasteiger partial charge in [-0.25, -0.2) is 0 Å². The Morgan fingerprint density at radius 3 is 2.12 bits per heavy atom. The van der Waals surface area contributed by atoms with Crippen LogP contribution >= 0.6 is 11.1 Å². The number of halogens is 1. The quantitative estimate of drug-likeness (QED) is 0.160. The van der Waals surface area contributed by atoms with Crippen molar-refractivity contribution in [3.63, 3.8) is 0 Å². The van der Waals surface area contributed by atoms with E-state index in [1.165, 1.54) is 44.1 Å². The molecule has 2 atom stereocenters. The van der Waals surface area contributed by atoms with Gasteiger partial charge in [0.05, 0.1) is 12.3 Å². The lowest BCUT2D eigenvalue weighted by molar-refractivity contribution is -0.313. The first-order chi connectivity index (χ1) is 15.0. The Hall–Kier alpha value is -0.393. The minimum atomic E-state index is -1.95. The summed E-state index contributed by atoms with van der Waals surface area (Å²) >= 11 is 6.91. The molecule has 0 saturated carbocycles. The zero-order chi connectivity index (χ0) is 23.8. The molecule has 0 N–H and O–H groups in total. The molecule has 1 aliphatic heterocycles. The van der Waals surface area contributed by atoms with Gasteiger partial charge in [-0.3, -0.25) is 4.84 Å². The number of benzene rings is 1. The highest BCUT2D eigenvalue weighted by molar-refractivity contribution is 7.19. The second-order valence-corrected chi connectivity index (χ2v) is 18.1. The average Bonchev–Trinajstić information content (AvgIpc) is 2.70. The summed E-state index contributed by atoms with van der Waals surface area (Å²) in [7, 11) is -1.95. The average molecular weight is 482 g/mol. The minimum Gasteiger partial charge on any atom is -0.377 e. The summed E-state index contributed by atoms with van der Waals surface area (Å²) in [4.78, 5) is 6.81. The van der Waals surface area contributed by atoms with Gasteiger partial charge in [0.25, 0.3) is 0 Å². The van der Waals surface area contributed by atoms with Crippen molar-refractivity contribution in [2.45, 2.75) is 128 Å². The summed E-state index contributed by atoms with van der Waals surface area (Å²) in [6, 6.07) is 10.5. The molecule has 1 heterocycles.